The Morgan fingerprint density at radius 3 is 1.40 bits per heavy atom. The van der Waals surface area contributed by atoms with Gasteiger partial charge in [0.15, 0.2) is 0 Å². The molecule has 0 aliphatic carbocycles. The van der Waals surface area contributed by atoms with E-state index in [0.717, 1.165) is 56.9 Å². The Morgan fingerprint density at radius 2 is 1.02 bits per heavy atom. The fourth-order valence-corrected chi connectivity index (χ4v) is 6.72. The zero-order chi connectivity index (χ0) is 30.3. The van der Waals surface area contributed by atoms with Crippen LogP contribution in [0.4, 0.5) is 0 Å². The molecule has 0 bridgehead atoms. The predicted molar refractivity (Wildman–Crippen MR) is 175 cm³/mol. The maximum atomic E-state index is 11.6. The Kier molecular flexibility index (Phi) is 21.7. The molecule has 1 saturated heterocycles. The van der Waals surface area contributed by atoms with Gasteiger partial charge in [0.2, 0.25) is 0 Å². The van der Waals surface area contributed by atoms with Crippen LogP contribution in [0.3, 0.4) is 0 Å². The van der Waals surface area contributed by atoms with E-state index in [1.165, 1.54) is 122 Å². The van der Waals surface area contributed by atoms with Gasteiger partial charge in [-0.25, -0.2) is 4.79 Å². The highest BCUT2D eigenvalue weighted by molar-refractivity contribution is 5.90. The summed E-state index contributed by atoms with van der Waals surface area (Å²) in [6, 6.07) is 0. The van der Waals surface area contributed by atoms with Crippen molar-refractivity contribution >= 4 is 5.97 Å². The van der Waals surface area contributed by atoms with E-state index >= 15 is 0 Å². The molecular formula is C37H68O5. The van der Waals surface area contributed by atoms with Gasteiger partial charge in [0.1, 0.15) is 6.10 Å². The number of aliphatic hydroxyl groups excluding tert-OH is 2. The Hall–Kier alpha value is -0.910. The van der Waals surface area contributed by atoms with Gasteiger partial charge in [-0.3, -0.25) is 0 Å². The molecule has 42 heavy (non-hydrogen) atoms. The minimum atomic E-state index is -0.383. The van der Waals surface area contributed by atoms with Gasteiger partial charge in [-0.05, 0) is 51.5 Å². The fourth-order valence-electron chi connectivity index (χ4n) is 6.72. The molecule has 0 aromatic rings. The summed E-state index contributed by atoms with van der Waals surface area (Å²) < 4.78 is 11.3. The Balaban J connectivity index is 1.32. The van der Waals surface area contributed by atoms with Crippen LogP contribution in [0.2, 0.25) is 0 Å². The lowest BCUT2D eigenvalue weighted by molar-refractivity contribution is -0.139. The van der Waals surface area contributed by atoms with Gasteiger partial charge in [0.25, 0.3) is 0 Å². The highest BCUT2D eigenvalue weighted by Crippen LogP contribution is 2.28. The van der Waals surface area contributed by atoms with E-state index in [-0.39, 0.29) is 36.5 Å². The highest BCUT2D eigenvalue weighted by Gasteiger charge is 2.34. The molecule has 2 aliphatic rings. The zero-order valence-corrected chi connectivity index (χ0v) is 27.7. The number of hydrogen-bond acceptors (Lipinski definition) is 5. The summed E-state index contributed by atoms with van der Waals surface area (Å²) in [5, 5.41) is 21.2. The van der Waals surface area contributed by atoms with Gasteiger partial charge < -0.3 is 19.7 Å². The van der Waals surface area contributed by atoms with Crippen molar-refractivity contribution in [1.29, 1.82) is 0 Å². The van der Waals surface area contributed by atoms with Gasteiger partial charge in [-0.15, -0.1) is 0 Å². The highest BCUT2D eigenvalue weighted by atomic mass is 16.5. The third-order valence-electron chi connectivity index (χ3n) is 9.48. The summed E-state index contributed by atoms with van der Waals surface area (Å²) in [4.78, 5) is 11.6. The second-order valence-electron chi connectivity index (χ2n) is 13.5. The molecule has 2 rings (SSSR count). The smallest absolute Gasteiger partial charge is 0.334 e. The Morgan fingerprint density at radius 1 is 0.643 bits per heavy atom. The summed E-state index contributed by atoms with van der Waals surface area (Å²) in [6.07, 6.45) is 33.4. The fraction of sp³-hybridized carbons (Fsp3) is 0.919. The maximum Gasteiger partial charge on any atom is 0.334 e. The minimum absolute atomic E-state index is 0.0387. The molecule has 246 valence electrons. The van der Waals surface area contributed by atoms with Crippen LogP contribution in [0.15, 0.2) is 11.6 Å². The molecule has 0 saturated carbocycles. The number of esters is 1. The first-order valence-corrected chi connectivity index (χ1v) is 18.4. The first kappa shape index (κ1) is 37.3. The van der Waals surface area contributed by atoms with Crippen LogP contribution in [-0.4, -0.2) is 46.7 Å². The predicted octanol–water partition coefficient (Wildman–Crippen LogP) is 9.90. The SMILES string of the molecule is CCCCCCCCCCCC[C@@H](O)[C@H]1CC[C@H]([C@@H](O)CCCCCCCCCCCCCCC2=C[C@H](C)OC2=O)O1. The van der Waals surface area contributed by atoms with Crippen molar-refractivity contribution < 1.29 is 24.5 Å². The number of unbranched alkanes of at least 4 members (excludes halogenated alkanes) is 20. The van der Waals surface area contributed by atoms with Crippen LogP contribution < -0.4 is 0 Å². The molecule has 2 N–H and O–H groups in total. The third kappa shape index (κ3) is 17.4. The third-order valence-corrected chi connectivity index (χ3v) is 9.48. The molecule has 1 fully saturated rings. The number of hydrogen-bond donors (Lipinski definition) is 2. The number of aliphatic hydroxyl groups is 2. The van der Waals surface area contributed by atoms with E-state index in [2.05, 4.69) is 6.92 Å². The van der Waals surface area contributed by atoms with Crippen LogP contribution in [0.1, 0.15) is 187 Å². The average molecular weight is 593 g/mol. The van der Waals surface area contributed by atoms with Gasteiger partial charge in [0.05, 0.1) is 24.4 Å². The summed E-state index contributed by atoms with van der Waals surface area (Å²) >= 11 is 0. The average Bonchev–Trinajstić information content (AvgIpc) is 3.60. The van der Waals surface area contributed by atoms with Crippen LogP contribution >= 0.6 is 0 Å². The van der Waals surface area contributed by atoms with Crippen molar-refractivity contribution in [3.8, 4) is 0 Å². The molecule has 0 aromatic heterocycles. The van der Waals surface area contributed by atoms with Crippen LogP contribution in [0, 0.1) is 0 Å². The van der Waals surface area contributed by atoms with E-state index < -0.39 is 0 Å². The number of ether oxygens (including phenoxy) is 2. The second-order valence-corrected chi connectivity index (χ2v) is 13.5. The standard InChI is InChI=1S/C37H68O5/c1-3-4-5-6-7-8-14-17-20-23-26-33(38)35-28-29-36(42-35)34(39)27-24-21-18-15-12-10-9-11-13-16-19-22-25-32-30-31(2)41-37(32)40/h30-31,33-36,38-39H,3-29H2,1-2H3/t31-,33+,34-,35+,36+/m0/s1. The Bertz CT molecular complexity index is 692. The van der Waals surface area contributed by atoms with Crippen molar-refractivity contribution in [3.05, 3.63) is 11.6 Å². The normalized spacial score (nSPS) is 22.0. The second kappa shape index (κ2) is 24.4. The first-order chi connectivity index (χ1) is 20.5. The maximum absolute atomic E-state index is 11.6. The van der Waals surface area contributed by atoms with E-state index in [4.69, 9.17) is 9.47 Å². The lowest BCUT2D eigenvalue weighted by Crippen LogP contribution is -2.31. The number of cyclic esters (lactones) is 1. The van der Waals surface area contributed by atoms with Crippen LogP contribution in [-0.2, 0) is 14.3 Å². The van der Waals surface area contributed by atoms with E-state index in [1.54, 1.807) is 0 Å². The molecular weight excluding hydrogens is 524 g/mol. The van der Waals surface area contributed by atoms with E-state index in [0.29, 0.717) is 0 Å². The summed E-state index contributed by atoms with van der Waals surface area (Å²) in [7, 11) is 0. The largest absolute Gasteiger partial charge is 0.455 e. The molecule has 0 amide bonds. The van der Waals surface area contributed by atoms with Gasteiger partial charge >= 0.3 is 5.97 Å². The van der Waals surface area contributed by atoms with E-state index in [1.807, 2.05) is 13.0 Å². The molecule has 0 aromatic carbocycles. The van der Waals surface area contributed by atoms with E-state index in [9.17, 15) is 15.0 Å². The molecule has 5 atom stereocenters. The molecule has 5 nitrogen and oxygen atoms in total. The first-order valence-electron chi connectivity index (χ1n) is 18.4. The lowest BCUT2D eigenvalue weighted by Gasteiger charge is -2.22. The molecule has 2 aliphatic heterocycles. The topological polar surface area (TPSA) is 76.0 Å². The summed E-state index contributed by atoms with van der Waals surface area (Å²) in [5.41, 5.74) is 0.877. The van der Waals surface area contributed by atoms with Crippen molar-refractivity contribution in [2.75, 3.05) is 0 Å². The van der Waals surface area contributed by atoms with Crippen molar-refractivity contribution in [1.82, 2.24) is 0 Å². The van der Waals surface area contributed by atoms with Crippen molar-refractivity contribution in [2.45, 2.75) is 218 Å². The monoisotopic (exact) mass is 593 g/mol. The molecule has 5 heteroatoms. The van der Waals surface area contributed by atoms with Gasteiger partial charge in [-0.1, -0.05) is 142 Å². The number of carbonyl (C=O) groups excluding carboxylic acids is 1. The van der Waals surface area contributed by atoms with Gasteiger partial charge in [-0.2, -0.15) is 0 Å². The zero-order valence-electron chi connectivity index (χ0n) is 27.7. The minimum Gasteiger partial charge on any atom is -0.455 e. The van der Waals surface area contributed by atoms with Gasteiger partial charge in [0, 0.05) is 5.57 Å². The molecule has 0 unspecified atom stereocenters. The quantitative estimate of drug-likeness (QED) is 0.0698. The van der Waals surface area contributed by atoms with Crippen molar-refractivity contribution in [3.63, 3.8) is 0 Å². The van der Waals surface area contributed by atoms with Crippen molar-refractivity contribution in [2.24, 2.45) is 0 Å². The summed E-state index contributed by atoms with van der Waals surface area (Å²) in [5.74, 6) is -0.111. The molecule has 0 spiro atoms. The molecule has 0 radical (unpaired) electrons. The number of rotatable bonds is 28. The number of carbonyl (C=O) groups is 1. The Labute approximate surface area is 259 Å². The summed E-state index contributed by atoms with van der Waals surface area (Å²) in [6.45, 7) is 4.19. The molecule has 2 heterocycles. The lowest BCUT2D eigenvalue weighted by atomic mass is 10.00. The van der Waals surface area contributed by atoms with Crippen LogP contribution in [0.5, 0.6) is 0 Å². The van der Waals surface area contributed by atoms with Crippen LogP contribution in [0.25, 0.3) is 0 Å².